The molecule has 24 heavy (non-hydrogen) atoms. The standard InChI is InChI=1S/C18H18ClN3OS/c1-13(14-6-8-15(19)9-7-14)21-12-18(23)22-16-4-2-3-5-17(16)24-11-10-20/h2-9,13,21H,11-12H2,1H3,(H,22,23)/p+1/t13-/m1/s1. The van der Waals surface area contributed by atoms with Gasteiger partial charge in [0.05, 0.1) is 17.5 Å². The van der Waals surface area contributed by atoms with Crippen molar-refractivity contribution in [2.45, 2.75) is 17.9 Å². The number of nitriles is 1. The van der Waals surface area contributed by atoms with Gasteiger partial charge in [0.2, 0.25) is 0 Å². The minimum atomic E-state index is -0.0687. The Morgan fingerprint density at radius 2 is 2.00 bits per heavy atom. The fourth-order valence-corrected chi connectivity index (χ4v) is 2.99. The largest absolute Gasteiger partial charge is 0.333 e. The second kappa shape index (κ2) is 9.33. The van der Waals surface area contributed by atoms with Gasteiger partial charge in [0.25, 0.3) is 5.91 Å². The van der Waals surface area contributed by atoms with E-state index in [9.17, 15) is 4.79 Å². The Morgan fingerprint density at radius 1 is 1.29 bits per heavy atom. The summed E-state index contributed by atoms with van der Waals surface area (Å²) in [5.41, 5.74) is 1.87. The first-order valence-corrected chi connectivity index (χ1v) is 8.94. The van der Waals surface area contributed by atoms with Crippen LogP contribution < -0.4 is 10.6 Å². The number of halogens is 1. The molecule has 2 aromatic carbocycles. The van der Waals surface area contributed by atoms with Gasteiger partial charge in [-0.1, -0.05) is 35.9 Å². The first-order valence-electron chi connectivity index (χ1n) is 7.57. The second-order valence-electron chi connectivity index (χ2n) is 5.27. The number of anilines is 1. The highest BCUT2D eigenvalue weighted by Crippen LogP contribution is 2.26. The van der Waals surface area contributed by atoms with E-state index in [1.54, 1.807) is 0 Å². The van der Waals surface area contributed by atoms with E-state index < -0.39 is 0 Å². The molecule has 0 fully saturated rings. The Balaban J connectivity index is 1.89. The molecule has 0 heterocycles. The minimum absolute atomic E-state index is 0.0687. The van der Waals surface area contributed by atoms with E-state index in [4.69, 9.17) is 16.9 Å². The lowest BCUT2D eigenvalue weighted by Gasteiger charge is -2.12. The van der Waals surface area contributed by atoms with Gasteiger partial charge in [-0.15, -0.1) is 11.8 Å². The number of amides is 1. The number of nitrogens with two attached hydrogens (primary N) is 1. The van der Waals surface area contributed by atoms with Crippen LogP contribution in [0, 0.1) is 11.3 Å². The number of benzene rings is 2. The van der Waals surface area contributed by atoms with Gasteiger partial charge in [-0.3, -0.25) is 4.79 Å². The van der Waals surface area contributed by atoms with E-state index in [2.05, 4.69) is 11.4 Å². The van der Waals surface area contributed by atoms with Gasteiger partial charge < -0.3 is 10.6 Å². The average molecular weight is 361 g/mol. The zero-order valence-corrected chi connectivity index (χ0v) is 14.9. The summed E-state index contributed by atoms with van der Waals surface area (Å²) < 4.78 is 0. The molecule has 0 aliphatic rings. The van der Waals surface area contributed by atoms with E-state index in [1.165, 1.54) is 11.8 Å². The minimum Gasteiger partial charge on any atom is -0.333 e. The summed E-state index contributed by atoms with van der Waals surface area (Å²) in [6.07, 6.45) is 0. The lowest BCUT2D eigenvalue weighted by atomic mass is 10.1. The average Bonchev–Trinajstić information content (AvgIpc) is 2.59. The van der Waals surface area contributed by atoms with Crippen LogP contribution in [0.15, 0.2) is 53.4 Å². The molecule has 0 radical (unpaired) electrons. The van der Waals surface area contributed by atoms with Crippen LogP contribution in [0.5, 0.6) is 0 Å². The number of quaternary nitrogens is 1. The summed E-state index contributed by atoms with van der Waals surface area (Å²) >= 11 is 7.30. The number of nitrogens with one attached hydrogen (secondary N) is 1. The van der Waals surface area contributed by atoms with E-state index in [0.717, 1.165) is 16.1 Å². The van der Waals surface area contributed by atoms with Crippen LogP contribution in [0.1, 0.15) is 18.5 Å². The molecule has 4 nitrogen and oxygen atoms in total. The van der Waals surface area contributed by atoms with Crippen molar-refractivity contribution in [2.75, 3.05) is 17.6 Å². The number of hydrogen-bond acceptors (Lipinski definition) is 3. The van der Waals surface area contributed by atoms with Crippen molar-refractivity contribution in [2.24, 2.45) is 0 Å². The van der Waals surface area contributed by atoms with Gasteiger partial charge in [0.1, 0.15) is 6.04 Å². The highest BCUT2D eigenvalue weighted by atomic mass is 35.5. The van der Waals surface area contributed by atoms with E-state index >= 15 is 0 Å². The van der Waals surface area contributed by atoms with Crippen LogP contribution in [-0.4, -0.2) is 18.2 Å². The molecule has 0 bridgehead atoms. The van der Waals surface area contributed by atoms with Crippen molar-refractivity contribution in [1.82, 2.24) is 0 Å². The van der Waals surface area contributed by atoms with Crippen molar-refractivity contribution >= 4 is 35.0 Å². The second-order valence-corrected chi connectivity index (χ2v) is 6.72. The summed E-state index contributed by atoms with van der Waals surface area (Å²) in [7, 11) is 0. The first kappa shape index (κ1) is 18.3. The third-order valence-electron chi connectivity index (χ3n) is 3.51. The molecule has 3 N–H and O–H groups in total. The SMILES string of the molecule is C[C@@H]([NH2+]CC(=O)Nc1ccccc1SCC#N)c1ccc(Cl)cc1. The molecule has 2 rings (SSSR count). The molecule has 2 aromatic rings. The maximum atomic E-state index is 12.2. The topological polar surface area (TPSA) is 69.5 Å². The molecular weight excluding hydrogens is 342 g/mol. The van der Waals surface area contributed by atoms with Gasteiger partial charge in [-0.05, 0) is 31.2 Å². The van der Waals surface area contributed by atoms with E-state index in [1.807, 2.05) is 60.8 Å². The number of rotatable bonds is 7. The Kier molecular flexibility index (Phi) is 7.13. The highest BCUT2D eigenvalue weighted by molar-refractivity contribution is 7.99. The Hall–Kier alpha value is -2.00. The van der Waals surface area contributed by atoms with Crippen molar-refractivity contribution < 1.29 is 10.1 Å². The normalized spacial score (nSPS) is 11.5. The molecule has 1 atom stereocenters. The molecule has 0 aliphatic heterocycles. The number of carbonyl (C=O) groups excluding carboxylic acids is 1. The van der Waals surface area contributed by atoms with Crippen molar-refractivity contribution in [3.8, 4) is 6.07 Å². The predicted molar refractivity (Wildman–Crippen MR) is 98.1 cm³/mol. The molecule has 0 aliphatic carbocycles. The highest BCUT2D eigenvalue weighted by Gasteiger charge is 2.13. The summed E-state index contributed by atoms with van der Waals surface area (Å²) in [6, 6.07) is 17.4. The first-order chi connectivity index (χ1) is 11.6. The van der Waals surface area contributed by atoms with Gasteiger partial charge in [0.15, 0.2) is 6.54 Å². The maximum Gasteiger partial charge on any atom is 0.279 e. The van der Waals surface area contributed by atoms with Crippen LogP contribution in [-0.2, 0) is 4.79 Å². The number of thioether (sulfide) groups is 1. The Morgan fingerprint density at radius 3 is 2.71 bits per heavy atom. The van der Waals surface area contributed by atoms with Gasteiger partial charge in [-0.25, -0.2) is 0 Å². The summed E-state index contributed by atoms with van der Waals surface area (Å²) in [5, 5.41) is 14.3. The van der Waals surface area contributed by atoms with Crippen molar-refractivity contribution in [3.63, 3.8) is 0 Å². The molecule has 0 saturated carbocycles. The summed E-state index contributed by atoms with van der Waals surface area (Å²) in [5.74, 6) is 0.285. The van der Waals surface area contributed by atoms with Crippen LogP contribution in [0.3, 0.4) is 0 Å². The molecule has 0 aromatic heterocycles. The number of hydrogen-bond donors (Lipinski definition) is 2. The molecule has 0 unspecified atom stereocenters. The summed E-state index contributed by atoms with van der Waals surface area (Å²) in [6.45, 7) is 2.37. The number of para-hydroxylation sites is 1. The molecule has 0 saturated heterocycles. The van der Waals surface area contributed by atoms with Crippen molar-refractivity contribution in [3.05, 3.63) is 59.1 Å². The summed E-state index contributed by atoms with van der Waals surface area (Å²) in [4.78, 5) is 13.1. The van der Waals surface area contributed by atoms with Gasteiger partial charge in [-0.2, -0.15) is 5.26 Å². The van der Waals surface area contributed by atoms with Gasteiger partial charge >= 0.3 is 0 Å². The fourth-order valence-electron chi connectivity index (χ4n) is 2.19. The molecular formula is C18H19ClN3OS+. The quantitative estimate of drug-likeness (QED) is 0.745. The maximum absolute atomic E-state index is 12.2. The number of nitrogens with zero attached hydrogens (tertiary/aromatic N) is 1. The van der Waals surface area contributed by atoms with E-state index in [0.29, 0.717) is 17.3 Å². The fraction of sp³-hybridized carbons (Fsp3) is 0.222. The molecule has 1 amide bonds. The zero-order chi connectivity index (χ0) is 17.4. The zero-order valence-electron chi connectivity index (χ0n) is 13.3. The Bertz CT molecular complexity index is 728. The van der Waals surface area contributed by atoms with Crippen LogP contribution >= 0.6 is 23.4 Å². The smallest absolute Gasteiger partial charge is 0.279 e. The molecule has 6 heteroatoms. The monoisotopic (exact) mass is 360 g/mol. The predicted octanol–water partition coefficient (Wildman–Crippen LogP) is 3.22. The lowest BCUT2D eigenvalue weighted by molar-refractivity contribution is -0.682. The van der Waals surface area contributed by atoms with Crippen molar-refractivity contribution in [1.29, 1.82) is 5.26 Å². The third kappa shape index (κ3) is 5.57. The van der Waals surface area contributed by atoms with Gasteiger partial charge in [0, 0.05) is 15.5 Å². The van der Waals surface area contributed by atoms with Crippen LogP contribution in [0.4, 0.5) is 5.69 Å². The third-order valence-corrected chi connectivity index (χ3v) is 4.70. The van der Waals surface area contributed by atoms with Crippen LogP contribution in [0.25, 0.3) is 0 Å². The van der Waals surface area contributed by atoms with E-state index in [-0.39, 0.29) is 11.9 Å². The van der Waals surface area contributed by atoms with Crippen LogP contribution in [0.2, 0.25) is 5.02 Å². The number of carbonyl (C=O) groups is 1. The Labute approximate surface area is 151 Å². The molecule has 0 spiro atoms. The lowest BCUT2D eigenvalue weighted by Crippen LogP contribution is -2.86. The molecule has 124 valence electrons.